The van der Waals surface area contributed by atoms with Gasteiger partial charge < -0.3 is 10.6 Å². The minimum Gasteiger partial charge on any atom is -0.380 e. The number of para-hydroxylation sites is 2. The summed E-state index contributed by atoms with van der Waals surface area (Å²) in [6.45, 7) is 0.442. The van der Waals surface area contributed by atoms with Crippen LogP contribution in [0.1, 0.15) is 20.7 Å². The zero-order chi connectivity index (χ0) is 15.1. The van der Waals surface area contributed by atoms with Gasteiger partial charge in [0, 0.05) is 34.6 Å². The highest BCUT2D eigenvalue weighted by Crippen LogP contribution is 2.28. The van der Waals surface area contributed by atoms with Crippen LogP contribution in [-0.2, 0) is 0 Å². The van der Waals surface area contributed by atoms with E-state index in [1.807, 2.05) is 36.4 Å². The van der Waals surface area contributed by atoms with Crippen molar-refractivity contribution in [2.45, 2.75) is 6.04 Å². The Labute approximate surface area is 127 Å². The van der Waals surface area contributed by atoms with Gasteiger partial charge in [0.25, 0.3) is 0 Å². The normalized spacial score (nSPS) is 21.1. The molecule has 2 heterocycles. The molecule has 0 radical (unpaired) electrons. The molecule has 2 aliphatic rings. The van der Waals surface area contributed by atoms with Crippen LogP contribution in [0.25, 0.3) is 0 Å². The Morgan fingerprint density at radius 1 is 0.909 bits per heavy atom. The van der Waals surface area contributed by atoms with Crippen LogP contribution in [0.15, 0.2) is 60.2 Å². The number of carbonyl (C=O) groups is 2. The summed E-state index contributed by atoms with van der Waals surface area (Å²) in [6.07, 6.45) is 1.74. The van der Waals surface area contributed by atoms with Gasteiger partial charge in [0.2, 0.25) is 0 Å². The fourth-order valence-electron chi connectivity index (χ4n) is 2.96. The van der Waals surface area contributed by atoms with Gasteiger partial charge >= 0.3 is 0 Å². The molecule has 2 aliphatic heterocycles. The van der Waals surface area contributed by atoms with Crippen LogP contribution in [0.2, 0.25) is 0 Å². The smallest absolute Gasteiger partial charge is 0.192 e. The molecule has 4 rings (SSSR count). The molecule has 2 aromatic carbocycles. The standard InChI is InChI=1S/C18H14N2O2/c21-17-11(10-19-14-7-3-1-5-12(14)17)9-16-18(22)13-6-2-4-8-15(13)20-16/h1-9,16,19-20H,10H2/b11-9+. The largest absolute Gasteiger partial charge is 0.380 e. The predicted octanol–water partition coefficient (Wildman–Crippen LogP) is 2.90. The second-order valence-corrected chi connectivity index (χ2v) is 5.45. The van der Waals surface area contributed by atoms with Crippen molar-refractivity contribution >= 4 is 22.9 Å². The van der Waals surface area contributed by atoms with Gasteiger partial charge in [0.05, 0.1) is 0 Å². The lowest BCUT2D eigenvalue weighted by Crippen LogP contribution is -2.26. The van der Waals surface area contributed by atoms with Gasteiger partial charge in [-0.2, -0.15) is 0 Å². The minimum atomic E-state index is -0.469. The summed E-state index contributed by atoms with van der Waals surface area (Å²) >= 11 is 0. The molecule has 1 unspecified atom stereocenters. The number of hydrogen-bond acceptors (Lipinski definition) is 4. The number of ketones is 2. The van der Waals surface area contributed by atoms with E-state index in [0.29, 0.717) is 23.2 Å². The van der Waals surface area contributed by atoms with Crippen molar-refractivity contribution < 1.29 is 9.59 Å². The highest BCUT2D eigenvalue weighted by Gasteiger charge is 2.30. The Kier molecular flexibility index (Phi) is 2.82. The van der Waals surface area contributed by atoms with Crippen LogP contribution in [0.5, 0.6) is 0 Å². The third-order valence-electron chi connectivity index (χ3n) is 4.09. The van der Waals surface area contributed by atoms with Gasteiger partial charge in [-0.1, -0.05) is 24.3 Å². The summed E-state index contributed by atoms with van der Waals surface area (Å²) in [5, 5.41) is 6.39. The first-order chi connectivity index (χ1) is 10.7. The third kappa shape index (κ3) is 1.92. The monoisotopic (exact) mass is 290 g/mol. The molecule has 4 heteroatoms. The second-order valence-electron chi connectivity index (χ2n) is 5.45. The molecule has 108 valence electrons. The van der Waals surface area contributed by atoms with Gasteiger partial charge in [0.15, 0.2) is 11.6 Å². The fraction of sp³-hybridized carbons (Fsp3) is 0.111. The maximum Gasteiger partial charge on any atom is 0.192 e. The molecule has 2 aromatic rings. The molecule has 0 fully saturated rings. The van der Waals surface area contributed by atoms with Crippen molar-refractivity contribution in [3.05, 3.63) is 71.3 Å². The molecule has 0 aromatic heterocycles. The quantitative estimate of drug-likeness (QED) is 0.793. The number of anilines is 2. The van der Waals surface area contributed by atoms with E-state index in [1.54, 1.807) is 18.2 Å². The SMILES string of the molecule is O=C1/C(=C/C2Nc3ccccc3C2=O)CNc2ccccc21. The molecule has 22 heavy (non-hydrogen) atoms. The van der Waals surface area contributed by atoms with Gasteiger partial charge in [0.1, 0.15) is 6.04 Å². The number of Topliss-reactive ketones (excluding diaryl/α,β-unsaturated/α-hetero) is 2. The minimum absolute atomic E-state index is 0.00904. The van der Waals surface area contributed by atoms with Crippen molar-refractivity contribution in [3.8, 4) is 0 Å². The lowest BCUT2D eigenvalue weighted by Gasteiger charge is -2.20. The van der Waals surface area contributed by atoms with Crippen LogP contribution >= 0.6 is 0 Å². The molecule has 0 aliphatic carbocycles. The van der Waals surface area contributed by atoms with Crippen LogP contribution in [0, 0.1) is 0 Å². The van der Waals surface area contributed by atoms with E-state index in [0.717, 1.165) is 11.4 Å². The fourth-order valence-corrected chi connectivity index (χ4v) is 2.96. The van der Waals surface area contributed by atoms with Gasteiger partial charge in [-0.25, -0.2) is 0 Å². The van der Waals surface area contributed by atoms with Crippen LogP contribution in [0.4, 0.5) is 11.4 Å². The molecule has 1 atom stereocenters. The first-order valence-electron chi connectivity index (χ1n) is 7.22. The number of nitrogens with one attached hydrogen (secondary N) is 2. The van der Waals surface area contributed by atoms with Crippen molar-refractivity contribution in [1.82, 2.24) is 0 Å². The van der Waals surface area contributed by atoms with E-state index in [9.17, 15) is 9.59 Å². The van der Waals surface area contributed by atoms with Crippen molar-refractivity contribution in [1.29, 1.82) is 0 Å². The molecular weight excluding hydrogens is 276 g/mol. The maximum atomic E-state index is 12.5. The zero-order valence-corrected chi connectivity index (χ0v) is 11.8. The Morgan fingerprint density at radius 3 is 2.36 bits per heavy atom. The van der Waals surface area contributed by atoms with Crippen LogP contribution < -0.4 is 10.6 Å². The maximum absolute atomic E-state index is 12.5. The molecule has 0 saturated carbocycles. The first-order valence-corrected chi connectivity index (χ1v) is 7.22. The van der Waals surface area contributed by atoms with E-state index in [-0.39, 0.29) is 11.6 Å². The number of rotatable bonds is 1. The summed E-state index contributed by atoms with van der Waals surface area (Å²) in [6, 6.07) is 14.4. The van der Waals surface area contributed by atoms with Gasteiger partial charge in [-0.05, 0) is 30.3 Å². The molecule has 0 spiro atoms. The Bertz CT molecular complexity index is 823. The van der Waals surface area contributed by atoms with E-state index in [2.05, 4.69) is 10.6 Å². The van der Waals surface area contributed by atoms with Gasteiger partial charge in [-0.3, -0.25) is 9.59 Å². The molecule has 4 nitrogen and oxygen atoms in total. The number of fused-ring (bicyclic) bond motifs is 2. The number of benzene rings is 2. The summed E-state index contributed by atoms with van der Waals surface area (Å²) in [5.74, 6) is -0.00494. The molecule has 2 N–H and O–H groups in total. The summed E-state index contributed by atoms with van der Waals surface area (Å²) in [5.41, 5.74) is 3.63. The lowest BCUT2D eigenvalue weighted by atomic mass is 9.95. The zero-order valence-electron chi connectivity index (χ0n) is 11.8. The number of hydrogen-bond donors (Lipinski definition) is 2. The second kappa shape index (κ2) is 4.84. The van der Waals surface area contributed by atoms with E-state index < -0.39 is 6.04 Å². The number of carbonyl (C=O) groups excluding carboxylic acids is 2. The average molecular weight is 290 g/mol. The van der Waals surface area contributed by atoms with E-state index in [4.69, 9.17) is 0 Å². The van der Waals surface area contributed by atoms with Crippen LogP contribution in [-0.4, -0.2) is 24.2 Å². The highest BCUT2D eigenvalue weighted by atomic mass is 16.1. The van der Waals surface area contributed by atoms with Crippen LogP contribution in [0.3, 0.4) is 0 Å². The van der Waals surface area contributed by atoms with Crippen molar-refractivity contribution in [3.63, 3.8) is 0 Å². The Morgan fingerprint density at radius 2 is 1.59 bits per heavy atom. The van der Waals surface area contributed by atoms with E-state index >= 15 is 0 Å². The Balaban J connectivity index is 1.66. The molecular formula is C18H14N2O2. The molecule has 0 bridgehead atoms. The molecule has 0 saturated heterocycles. The first kappa shape index (κ1) is 12.8. The summed E-state index contributed by atoms with van der Waals surface area (Å²) in [7, 11) is 0. The predicted molar refractivity (Wildman–Crippen MR) is 85.5 cm³/mol. The lowest BCUT2D eigenvalue weighted by molar-refractivity contribution is 0.0993. The molecule has 0 amide bonds. The summed E-state index contributed by atoms with van der Waals surface area (Å²) < 4.78 is 0. The topological polar surface area (TPSA) is 58.2 Å². The average Bonchev–Trinajstić information content (AvgIpc) is 2.87. The Hall–Kier alpha value is -2.88. The van der Waals surface area contributed by atoms with Crippen molar-refractivity contribution in [2.75, 3.05) is 17.2 Å². The van der Waals surface area contributed by atoms with Gasteiger partial charge in [-0.15, -0.1) is 0 Å². The highest BCUT2D eigenvalue weighted by molar-refractivity contribution is 6.16. The van der Waals surface area contributed by atoms with Crippen molar-refractivity contribution in [2.24, 2.45) is 0 Å². The van der Waals surface area contributed by atoms with E-state index in [1.165, 1.54) is 0 Å². The third-order valence-corrected chi connectivity index (χ3v) is 4.09. The summed E-state index contributed by atoms with van der Waals surface area (Å²) in [4.78, 5) is 24.9.